The van der Waals surface area contributed by atoms with Gasteiger partial charge in [-0.25, -0.2) is 0 Å². The Morgan fingerprint density at radius 2 is 1.14 bits per heavy atom. The first-order valence-electron chi connectivity index (χ1n) is 10.5. The fourth-order valence-electron chi connectivity index (χ4n) is 2.42. The number of carbonyl (C=O) groups is 2. The van der Waals surface area contributed by atoms with Crippen LogP contribution in [0.15, 0.2) is 0 Å². The van der Waals surface area contributed by atoms with E-state index in [2.05, 4.69) is 13.8 Å². The zero-order valence-corrected chi connectivity index (χ0v) is 20.2. The van der Waals surface area contributed by atoms with Crippen molar-refractivity contribution in [3.8, 4) is 0 Å². The first kappa shape index (κ1) is 30.8. The molecule has 0 rings (SSSR count). The van der Waals surface area contributed by atoms with E-state index in [9.17, 15) is 18.0 Å². The third kappa shape index (κ3) is 23.7. The Hall–Kier alpha value is -0.410. The largest absolute Gasteiger partial charge is 0.481 e. The van der Waals surface area contributed by atoms with Crippen molar-refractivity contribution in [1.29, 1.82) is 0 Å². The van der Waals surface area contributed by atoms with Crippen LogP contribution < -0.4 is 0 Å². The van der Waals surface area contributed by atoms with E-state index in [0.29, 0.717) is 0 Å². The Labute approximate surface area is 186 Å². The molecule has 0 heterocycles. The van der Waals surface area contributed by atoms with Crippen LogP contribution in [0.25, 0.3) is 0 Å². The third-order valence-electron chi connectivity index (χ3n) is 4.13. The number of carboxylic acid groups (broad SMARTS) is 2. The number of rotatable bonds is 18. The molecule has 0 fully saturated rings. The molecule has 0 saturated carbocycles. The summed E-state index contributed by atoms with van der Waals surface area (Å²) in [5.74, 6) is -3.50. The van der Waals surface area contributed by atoms with Crippen molar-refractivity contribution in [3.63, 3.8) is 0 Å². The second-order valence-electron chi connectivity index (χ2n) is 6.93. The van der Waals surface area contributed by atoms with Gasteiger partial charge in [-0.15, -0.1) is 0 Å². The van der Waals surface area contributed by atoms with E-state index in [1.54, 1.807) is 0 Å². The van der Waals surface area contributed by atoms with Crippen molar-refractivity contribution in [2.45, 2.75) is 112 Å². The Kier molecular flexibility index (Phi) is 22.1. The van der Waals surface area contributed by atoms with Gasteiger partial charge in [-0.1, -0.05) is 0 Å². The van der Waals surface area contributed by atoms with Crippen LogP contribution >= 0.6 is 0 Å². The van der Waals surface area contributed by atoms with Crippen molar-refractivity contribution >= 4 is 22.1 Å². The van der Waals surface area contributed by atoms with E-state index in [-0.39, 0.29) is 0 Å². The molecule has 1 unspecified atom stereocenters. The average molecular weight is 532 g/mol. The van der Waals surface area contributed by atoms with Crippen LogP contribution in [0.1, 0.15) is 97.3 Å². The number of hydrogen-bond donors (Lipinski definition) is 3. The van der Waals surface area contributed by atoms with Gasteiger partial charge in [0.25, 0.3) is 10.1 Å². The molecular weight excluding hydrogens is 492 g/mol. The predicted octanol–water partition coefficient (Wildman–Crippen LogP) is 5.43. The SMILES string of the molecule is CCCCCCC[CH2][Ag][CH2]CCCCCCC.O=C(O)CC(C(=O)O)S(=O)(=O)O. The molecule has 7 nitrogen and oxygen atoms in total. The van der Waals surface area contributed by atoms with E-state index in [1.807, 2.05) is 0 Å². The summed E-state index contributed by atoms with van der Waals surface area (Å²) in [6, 6.07) is 0. The smallest absolute Gasteiger partial charge is 0.325 e. The average Bonchev–Trinajstić information content (AvgIpc) is 2.63. The molecule has 0 spiro atoms. The van der Waals surface area contributed by atoms with Crippen molar-refractivity contribution in [1.82, 2.24) is 0 Å². The van der Waals surface area contributed by atoms with Crippen LogP contribution in [0.4, 0.5) is 0 Å². The van der Waals surface area contributed by atoms with Gasteiger partial charge in [0.15, 0.2) is 5.25 Å². The molecule has 3 N–H and O–H groups in total. The first-order valence-corrected chi connectivity index (χ1v) is 14.1. The van der Waals surface area contributed by atoms with Crippen LogP contribution in [0.3, 0.4) is 0 Å². The summed E-state index contributed by atoms with van der Waals surface area (Å²) in [5, 5.41) is 13.9. The van der Waals surface area contributed by atoms with Gasteiger partial charge < -0.3 is 10.2 Å². The number of carboxylic acids is 2. The molecule has 0 aromatic carbocycles. The Balaban J connectivity index is 0. The van der Waals surface area contributed by atoms with Crippen molar-refractivity contribution in [3.05, 3.63) is 0 Å². The quantitative estimate of drug-likeness (QED) is 0.122. The Bertz CT molecular complexity index is 495. The van der Waals surface area contributed by atoms with Crippen LogP contribution in [-0.2, 0) is 39.5 Å². The molecule has 0 aromatic rings. The summed E-state index contributed by atoms with van der Waals surface area (Å²) in [6.45, 7) is 4.59. The number of hydrogen-bond acceptors (Lipinski definition) is 4. The van der Waals surface area contributed by atoms with E-state index in [1.165, 1.54) is 106 Å². The van der Waals surface area contributed by atoms with Gasteiger partial charge in [0.05, 0.1) is 6.42 Å². The van der Waals surface area contributed by atoms with Crippen molar-refractivity contribution in [2.24, 2.45) is 0 Å². The molecule has 0 amide bonds. The van der Waals surface area contributed by atoms with E-state index >= 15 is 0 Å². The van der Waals surface area contributed by atoms with E-state index < -0.39 is 33.7 Å². The molecule has 0 aliphatic carbocycles. The van der Waals surface area contributed by atoms with Crippen LogP contribution in [-0.4, -0.2) is 40.4 Å². The van der Waals surface area contributed by atoms with Gasteiger partial charge in [-0.05, 0) is 0 Å². The summed E-state index contributed by atoms with van der Waals surface area (Å²) >= 11 is 1.24. The molecule has 0 radical (unpaired) electrons. The summed E-state index contributed by atoms with van der Waals surface area (Å²) in [4.78, 5) is 20.0. The molecule has 0 saturated heterocycles. The second kappa shape index (κ2) is 20.8. The second-order valence-corrected chi connectivity index (χ2v) is 10.7. The summed E-state index contributed by atoms with van der Waals surface area (Å²) < 4.78 is 31.7. The van der Waals surface area contributed by atoms with Gasteiger partial charge in [0, 0.05) is 0 Å². The molecule has 29 heavy (non-hydrogen) atoms. The molecular formula is C20H40AgO7S. The Morgan fingerprint density at radius 3 is 1.41 bits per heavy atom. The summed E-state index contributed by atoms with van der Waals surface area (Å²) in [7, 11) is -4.84. The van der Waals surface area contributed by atoms with Gasteiger partial charge in [-0.3, -0.25) is 14.1 Å². The summed E-state index contributed by atoms with van der Waals surface area (Å²) in [5.41, 5.74) is 0. The maximum Gasteiger partial charge on any atom is 0.325 e. The van der Waals surface area contributed by atoms with Crippen LogP contribution in [0.2, 0.25) is 9.28 Å². The number of aliphatic carboxylic acids is 2. The minimum absolute atomic E-state index is 1.16. The Morgan fingerprint density at radius 1 is 0.759 bits per heavy atom. The molecule has 0 aliphatic heterocycles. The zero-order valence-electron chi connectivity index (χ0n) is 17.9. The van der Waals surface area contributed by atoms with Gasteiger partial charge in [0.1, 0.15) is 0 Å². The molecule has 179 valence electrons. The fourth-order valence-corrected chi connectivity index (χ4v) is 4.88. The third-order valence-corrected chi connectivity index (χ3v) is 7.31. The van der Waals surface area contributed by atoms with Gasteiger partial charge in [-0.2, -0.15) is 8.42 Å². The number of unbranched alkanes of at least 4 members (excludes halogenated alkanes) is 10. The predicted molar refractivity (Wildman–Crippen MR) is 112 cm³/mol. The monoisotopic (exact) mass is 531 g/mol. The molecule has 0 aromatic heterocycles. The van der Waals surface area contributed by atoms with Crippen LogP contribution in [0.5, 0.6) is 0 Å². The van der Waals surface area contributed by atoms with Crippen molar-refractivity contribution in [2.75, 3.05) is 0 Å². The fraction of sp³-hybridized carbons (Fsp3) is 0.900. The minimum Gasteiger partial charge on any atom is -0.481 e. The van der Waals surface area contributed by atoms with Gasteiger partial charge in [0.2, 0.25) is 0 Å². The molecule has 0 bridgehead atoms. The first-order chi connectivity index (χ1) is 13.7. The van der Waals surface area contributed by atoms with Gasteiger partial charge >= 0.3 is 132 Å². The molecule has 1 atom stereocenters. The maximum atomic E-state index is 10.2. The zero-order chi connectivity index (χ0) is 22.5. The van der Waals surface area contributed by atoms with E-state index in [0.717, 1.165) is 0 Å². The molecule has 9 heteroatoms. The molecule has 0 aliphatic rings. The standard InChI is InChI=1S/2C8H17.C4H6O7S.Ag/c2*1-3-5-7-8-6-4-2;5-3(6)1-2(4(7)8)12(9,10)11;/h2*1,3-8H2,2H3;2H,1H2,(H,5,6)(H,7,8)(H,9,10,11);. The maximum absolute atomic E-state index is 10.2. The normalized spacial score (nSPS) is 12.2. The minimum atomic E-state index is -4.84. The van der Waals surface area contributed by atoms with Crippen LogP contribution in [0, 0.1) is 0 Å². The summed E-state index contributed by atoms with van der Waals surface area (Å²) in [6.07, 6.45) is 16.4. The van der Waals surface area contributed by atoms with Crippen molar-refractivity contribution < 1.29 is 52.5 Å². The van der Waals surface area contributed by atoms with E-state index in [4.69, 9.17) is 14.8 Å². The topological polar surface area (TPSA) is 129 Å².